The van der Waals surface area contributed by atoms with Crippen molar-refractivity contribution in [3.05, 3.63) is 11.6 Å². The molecule has 0 aromatic rings. The van der Waals surface area contributed by atoms with E-state index in [0.717, 1.165) is 25.9 Å². The van der Waals surface area contributed by atoms with Crippen molar-refractivity contribution >= 4 is 11.8 Å². The van der Waals surface area contributed by atoms with E-state index < -0.39 is 0 Å². The molecular weight excluding hydrogens is 252 g/mol. The third-order valence-corrected chi connectivity index (χ3v) is 4.58. The van der Waals surface area contributed by atoms with Gasteiger partial charge in [-0.25, -0.2) is 0 Å². The first kappa shape index (κ1) is 15.1. The second-order valence-corrected chi connectivity index (χ2v) is 6.87. The Hall–Kier alpha value is -1.32. The number of nitrogens with one attached hydrogen (secondary N) is 1. The molecule has 1 saturated heterocycles. The number of amides is 2. The Morgan fingerprint density at radius 1 is 1.25 bits per heavy atom. The minimum atomic E-state index is 0.00350. The van der Waals surface area contributed by atoms with Crippen molar-refractivity contribution in [2.45, 2.75) is 40.5 Å². The summed E-state index contributed by atoms with van der Waals surface area (Å²) in [4.78, 5) is 26.0. The van der Waals surface area contributed by atoms with Crippen molar-refractivity contribution < 1.29 is 9.59 Å². The maximum absolute atomic E-state index is 12.2. The van der Waals surface area contributed by atoms with Gasteiger partial charge in [0.05, 0.1) is 12.5 Å². The number of hydrogen-bond donors (Lipinski definition) is 1. The fourth-order valence-corrected chi connectivity index (χ4v) is 3.20. The van der Waals surface area contributed by atoms with E-state index in [0.29, 0.717) is 5.92 Å². The molecule has 2 rings (SSSR count). The van der Waals surface area contributed by atoms with Gasteiger partial charge in [0.15, 0.2) is 0 Å². The molecule has 2 atom stereocenters. The molecule has 2 aliphatic rings. The third-order valence-electron chi connectivity index (χ3n) is 4.58. The lowest BCUT2D eigenvalue weighted by Crippen LogP contribution is -2.39. The normalized spacial score (nSPS) is 27.1. The average molecular weight is 278 g/mol. The van der Waals surface area contributed by atoms with Crippen LogP contribution in [0, 0.1) is 17.3 Å². The number of carbonyl (C=O) groups is 2. The van der Waals surface area contributed by atoms with E-state index in [4.69, 9.17) is 0 Å². The Balaban J connectivity index is 1.83. The number of nitrogens with zero attached hydrogens (tertiary/aromatic N) is 1. The van der Waals surface area contributed by atoms with E-state index in [9.17, 15) is 9.59 Å². The summed E-state index contributed by atoms with van der Waals surface area (Å²) in [5, 5.41) is 2.82. The summed E-state index contributed by atoms with van der Waals surface area (Å²) in [7, 11) is 0. The van der Waals surface area contributed by atoms with Crippen LogP contribution in [-0.4, -0.2) is 36.3 Å². The van der Waals surface area contributed by atoms with Gasteiger partial charge in [0, 0.05) is 13.1 Å². The van der Waals surface area contributed by atoms with E-state index >= 15 is 0 Å². The zero-order valence-electron chi connectivity index (χ0n) is 13.0. The summed E-state index contributed by atoms with van der Waals surface area (Å²) in [6, 6.07) is 0. The Morgan fingerprint density at radius 2 is 1.85 bits per heavy atom. The van der Waals surface area contributed by atoms with Crippen molar-refractivity contribution in [1.82, 2.24) is 10.2 Å². The summed E-state index contributed by atoms with van der Waals surface area (Å²) < 4.78 is 0. The van der Waals surface area contributed by atoms with Crippen molar-refractivity contribution in [3.63, 3.8) is 0 Å². The minimum absolute atomic E-state index is 0.00350. The molecular formula is C16H26N2O2. The Morgan fingerprint density at radius 3 is 2.40 bits per heavy atom. The van der Waals surface area contributed by atoms with Crippen LogP contribution in [-0.2, 0) is 9.59 Å². The van der Waals surface area contributed by atoms with Gasteiger partial charge in [-0.05, 0) is 38.0 Å². The van der Waals surface area contributed by atoms with Gasteiger partial charge in [-0.1, -0.05) is 25.5 Å². The highest BCUT2D eigenvalue weighted by molar-refractivity contribution is 5.88. The van der Waals surface area contributed by atoms with Crippen LogP contribution in [0.4, 0.5) is 0 Å². The highest BCUT2D eigenvalue weighted by atomic mass is 16.2. The van der Waals surface area contributed by atoms with Gasteiger partial charge in [-0.15, -0.1) is 0 Å². The molecule has 112 valence electrons. The SMILES string of the molecule is CC(C)=CC1C(C(=O)NCC(=O)N2CCCC2)C1(C)C. The fraction of sp³-hybridized carbons (Fsp3) is 0.750. The lowest BCUT2D eigenvalue weighted by Gasteiger charge is -2.15. The highest BCUT2D eigenvalue weighted by Crippen LogP contribution is 2.59. The van der Waals surface area contributed by atoms with Gasteiger partial charge in [-0.3, -0.25) is 9.59 Å². The molecule has 2 amide bonds. The predicted molar refractivity (Wildman–Crippen MR) is 79.0 cm³/mol. The fourth-order valence-electron chi connectivity index (χ4n) is 3.20. The molecule has 1 N–H and O–H groups in total. The van der Waals surface area contributed by atoms with Crippen LogP contribution in [0.3, 0.4) is 0 Å². The molecule has 0 radical (unpaired) electrons. The zero-order chi connectivity index (χ0) is 14.9. The molecule has 4 heteroatoms. The largest absolute Gasteiger partial charge is 0.347 e. The van der Waals surface area contributed by atoms with E-state index in [-0.39, 0.29) is 29.7 Å². The molecule has 1 aliphatic carbocycles. The first-order valence-electron chi connectivity index (χ1n) is 7.54. The summed E-state index contributed by atoms with van der Waals surface area (Å²) in [6.45, 7) is 10.2. The van der Waals surface area contributed by atoms with Gasteiger partial charge in [0.2, 0.25) is 11.8 Å². The lowest BCUT2D eigenvalue weighted by atomic mass is 10.1. The maximum Gasteiger partial charge on any atom is 0.241 e. The van der Waals surface area contributed by atoms with E-state index in [1.54, 1.807) is 0 Å². The van der Waals surface area contributed by atoms with Crippen molar-refractivity contribution in [1.29, 1.82) is 0 Å². The first-order chi connectivity index (χ1) is 9.34. The summed E-state index contributed by atoms with van der Waals surface area (Å²) in [6.07, 6.45) is 4.34. The summed E-state index contributed by atoms with van der Waals surface area (Å²) >= 11 is 0. The average Bonchev–Trinajstić information content (AvgIpc) is 2.79. The molecule has 1 saturated carbocycles. The quantitative estimate of drug-likeness (QED) is 0.799. The highest BCUT2D eigenvalue weighted by Gasteiger charge is 2.60. The zero-order valence-corrected chi connectivity index (χ0v) is 13.0. The van der Waals surface area contributed by atoms with Gasteiger partial charge in [0.1, 0.15) is 0 Å². The number of rotatable bonds is 4. The molecule has 0 aromatic heterocycles. The second kappa shape index (κ2) is 5.58. The van der Waals surface area contributed by atoms with Gasteiger partial charge in [0.25, 0.3) is 0 Å². The van der Waals surface area contributed by atoms with Crippen molar-refractivity contribution in [2.24, 2.45) is 17.3 Å². The molecule has 1 aliphatic heterocycles. The number of carbonyl (C=O) groups excluding carboxylic acids is 2. The molecule has 1 heterocycles. The van der Waals surface area contributed by atoms with Crippen LogP contribution in [0.1, 0.15) is 40.5 Å². The number of allylic oxidation sites excluding steroid dienone is 2. The number of hydrogen-bond acceptors (Lipinski definition) is 2. The van der Waals surface area contributed by atoms with Crippen LogP contribution >= 0.6 is 0 Å². The summed E-state index contributed by atoms with van der Waals surface area (Å²) in [5.74, 6) is 0.372. The first-order valence-corrected chi connectivity index (χ1v) is 7.54. The molecule has 20 heavy (non-hydrogen) atoms. The van der Waals surface area contributed by atoms with Crippen LogP contribution < -0.4 is 5.32 Å². The molecule has 0 bridgehead atoms. The monoisotopic (exact) mass is 278 g/mol. The van der Waals surface area contributed by atoms with Gasteiger partial charge < -0.3 is 10.2 Å². The topological polar surface area (TPSA) is 49.4 Å². The van der Waals surface area contributed by atoms with Crippen LogP contribution in [0.5, 0.6) is 0 Å². The third kappa shape index (κ3) is 3.05. The minimum Gasteiger partial charge on any atom is -0.347 e. The standard InChI is InChI=1S/C16H26N2O2/c1-11(2)9-12-14(16(12,3)4)15(20)17-10-13(19)18-7-5-6-8-18/h9,12,14H,5-8,10H2,1-4H3,(H,17,20). The Kier molecular flexibility index (Phi) is 4.21. The van der Waals surface area contributed by atoms with Crippen LogP contribution in [0.15, 0.2) is 11.6 Å². The molecule has 0 aromatic carbocycles. The predicted octanol–water partition coefficient (Wildman–Crippen LogP) is 1.96. The van der Waals surface area contributed by atoms with E-state index in [2.05, 4.69) is 39.1 Å². The molecule has 4 nitrogen and oxygen atoms in total. The lowest BCUT2D eigenvalue weighted by molar-refractivity contribution is -0.132. The van der Waals surface area contributed by atoms with Crippen LogP contribution in [0.25, 0.3) is 0 Å². The van der Waals surface area contributed by atoms with Gasteiger partial charge in [-0.2, -0.15) is 0 Å². The smallest absolute Gasteiger partial charge is 0.241 e. The van der Waals surface area contributed by atoms with Crippen molar-refractivity contribution in [3.8, 4) is 0 Å². The summed E-state index contributed by atoms with van der Waals surface area (Å²) in [5.41, 5.74) is 1.25. The maximum atomic E-state index is 12.2. The van der Waals surface area contributed by atoms with Crippen molar-refractivity contribution in [2.75, 3.05) is 19.6 Å². The number of likely N-dealkylation sites (tertiary alicyclic amines) is 1. The van der Waals surface area contributed by atoms with E-state index in [1.807, 2.05) is 4.90 Å². The van der Waals surface area contributed by atoms with Gasteiger partial charge >= 0.3 is 0 Å². The molecule has 0 spiro atoms. The molecule has 2 fully saturated rings. The van der Waals surface area contributed by atoms with Crippen LogP contribution in [0.2, 0.25) is 0 Å². The Labute approximate surface area is 121 Å². The second-order valence-electron chi connectivity index (χ2n) is 6.87. The molecule has 2 unspecified atom stereocenters. The Bertz CT molecular complexity index is 430. The van der Waals surface area contributed by atoms with E-state index in [1.165, 1.54) is 5.57 Å².